The molecule has 0 radical (unpaired) electrons. The quantitative estimate of drug-likeness (QED) is 0.534. The first-order valence-electron chi connectivity index (χ1n) is 8.82. The number of rotatable bonds is 6. The van der Waals surface area contributed by atoms with Gasteiger partial charge in [0.2, 0.25) is 0 Å². The van der Waals surface area contributed by atoms with Crippen LogP contribution in [0.3, 0.4) is 0 Å². The minimum atomic E-state index is -1.22. The van der Waals surface area contributed by atoms with E-state index in [4.69, 9.17) is 16.3 Å². The molecule has 0 bridgehead atoms. The zero-order valence-corrected chi connectivity index (χ0v) is 16.6. The lowest BCUT2D eigenvalue weighted by atomic mass is 9.83. The van der Waals surface area contributed by atoms with Gasteiger partial charge in [0, 0.05) is 16.3 Å². The van der Waals surface area contributed by atoms with E-state index in [1.54, 1.807) is 50.2 Å². The standard InChI is InChI=1S/C21H19ClN2O5/c1-12-18(21(25)26)19(20(24(27)28)13(2)23-12)16-5-3-4-6-17(16)29-11-14-7-9-15(22)10-8-14/h3-10,19,23H,11H2,1-2H3,(H,25,26). The largest absolute Gasteiger partial charge is 0.489 e. The van der Waals surface area contributed by atoms with Gasteiger partial charge in [0.05, 0.1) is 16.2 Å². The summed E-state index contributed by atoms with van der Waals surface area (Å²) in [6, 6.07) is 13.9. The van der Waals surface area contributed by atoms with Gasteiger partial charge in [-0.05, 0) is 37.6 Å². The molecule has 1 heterocycles. The van der Waals surface area contributed by atoms with Crippen molar-refractivity contribution in [1.29, 1.82) is 0 Å². The first-order valence-corrected chi connectivity index (χ1v) is 9.19. The molecule has 8 heteroatoms. The van der Waals surface area contributed by atoms with Crippen molar-refractivity contribution in [2.45, 2.75) is 26.4 Å². The minimum Gasteiger partial charge on any atom is -0.489 e. The zero-order chi connectivity index (χ0) is 21.1. The fourth-order valence-electron chi connectivity index (χ4n) is 3.40. The van der Waals surface area contributed by atoms with Gasteiger partial charge in [0.1, 0.15) is 18.3 Å². The summed E-state index contributed by atoms with van der Waals surface area (Å²) < 4.78 is 5.92. The van der Waals surface area contributed by atoms with E-state index in [-0.39, 0.29) is 17.9 Å². The number of nitrogens with one attached hydrogen (secondary N) is 1. The molecule has 1 unspecified atom stereocenters. The molecule has 3 rings (SSSR count). The molecular weight excluding hydrogens is 396 g/mol. The van der Waals surface area contributed by atoms with E-state index in [1.807, 2.05) is 12.1 Å². The van der Waals surface area contributed by atoms with E-state index in [0.29, 0.717) is 27.7 Å². The summed E-state index contributed by atoms with van der Waals surface area (Å²) in [6.07, 6.45) is 0. The molecule has 0 spiro atoms. The Morgan fingerprint density at radius 3 is 2.45 bits per heavy atom. The number of benzene rings is 2. The highest BCUT2D eigenvalue weighted by atomic mass is 35.5. The van der Waals surface area contributed by atoms with Crippen molar-refractivity contribution in [2.24, 2.45) is 0 Å². The third kappa shape index (κ3) is 4.25. The number of hydrogen-bond donors (Lipinski definition) is 2. The van der Waals surface area contributed by atoms with E-state index in [0.717, 1.165) is 5.56 Å². The number of carboxylic acids is 1. The molecule has 1 aliphatic rings. The number of hydrogen-bond acceptors (Lipinski definition) is 5. The van der Waals surface area contributed by atoms with Crippen LogP contribution in [-0.2, 0) is 11.4 Å². The number of nitrogens with zero attached hydrogens (tertiary/aromatic N) is 1. The first-order chi connectivity index (χ1) is 13.8. The summed E-state index contributed by atoms with van der Waals surface area (Å²) in [4.78, 5) is 23.2. The average Bonchev–Trinajstić information content (AvgIpc) is 2.66. The number of nitro groups is 1. The fraction of sp³-hybridized carbons (Fsp3) is 0.190. The maximum Gasteiger partial charge on any atom is 0.334 e. The van der Waals surface area contributed by atoms with Gasteiger partial charge in [0.25, 0.3) is 5.70 Å². The Labute approximate surface area is 172 Å². The van der Waals surface area contributed by atoms with Crippen LogP contribution >= 0.6 is 11.6 Å². The van der Waals surface area contributed by atoms with Crippen molar-refractivity contribution >= 4 is 17.6 Å². The molecule has 0 aliphatic carbocycles. The highest BCUT2D eigenvalue weighted by molar-refractivity contribution is 6.30. The highest BCUT2D eigenvalue weighted by Crippen LogP contribution is 2.42. The average molecular weight is 415 g/mol. The molecule has 2 aromatic rings. The Morgan fingerprint density at radius 2 is 1.83 bits per heavy atom. The molecule has 29 heavy (non-hydrogen) atoms. The Morgan fingerprint density at radius 1 is 1.17 bits per heavy atom. The Kier molecular flexibility index (Phi) is 5.89. The second-order valence-electron chi connectivity index (χ2n) is 6.62. The van der Waals surface area contributed by atoms with Crippen LogP contribution in [0.2, 0.25) is 5.02 Å². The SMILES string of the molecule is CC1=C(C(=O)O)C(c2ccccc2OCc2ccc(Cl)cc2)C([N+](=O)[O-])=C(C)N1. The summed E-state index contributed by atoms with van der Waals surface area (Å²) in [5.74, 6) is -1.91. The van der Waals surface area contributed by atoms with Crippen molar-refractivity contribution in [3.8, 4) is 5.75 Å². The molecule has 0 saturated heterocycles. The third-order valence-corrected chi connectivity index (χ3v) is 4.94. The van der Waals surface area contributed by atoms with Crippen LogP contribution in [0.25, 0.3) is 0 Å². The molecule has 1 atom stereocenters. The summed E-state index contributed by atoms with van der Waals surface area (Å²) in [7, 11) is 0. The molecule has 150 valence electrons. The van der Waals surface area contributed by atoms with Gasteiger partial charge in [-0.3, -0.25) is 10.1 Å². The van der Waals surface area contributed by atoms with Gasteiger partial charge < -0.3 is 15.2 Å². The summed E-state index contributed by atoms with van der Waals surface area (Å²) in [5.41, 5.74) is 1.65. The molecule has 0 saturated carbocycles. The molecular formula is C21H19ClN2O5. The second-order valence-corrected chi connectivity index (χ2v) is 7.06. The molecule has 0 aromatic heterocycles. The number of allylic oxidation sites excluding steroid dienone is 3. The van der Waals surface area contributed by atoms with Crippen molar-refractivity contribution in [3.63, 3.8) is 0 Å². The Bertz CT molecular complexity index is 992. The topological polar surface area (TPSA) is 102 Å². The maximum atomic E-state index is 11.9. The Balaban J connectivity index is 2.05. The fourth-order valence-corrected chi connectivity index (χ4v) is 3.53. The normalized spacial score (nSPS) is 16.4. The first kappa shape index (κ1) is 20.4. The summed E-state index contributed by atoms with van der Waals surface area (Å²) in [6.45, 7) is 3.36. The smallest absolute Gasteiger partial charge is 0.334 e. The second kappa shape index (κ2) is 8.36. The number of ether oxygens (including phenoxy) is 1. The van der Waals surface area contributed by atoms with Gasteiger partial charge in [-0.2, -0.15) is 0 Å². The predicted octanol–water partition coefficient (Wildman–Crippen LogP) is 4.47. The number of dihydropyridines is 1. The van der Waals surface area contributed by atoms with E-state index in [9.17, 15) is 20.0 Å². The van der Waals surface area contributed by atoms with Crippen LogP contribution in [0.1, 0.15) is 30.9 Å². The van der Waals surface area contributed by atoms with E-state index >= 15 is 0 Å². The maximum absolute atomic E-state index is 11.9. The Hall–Kier alpha value is -3.32. The van der Waals surface area contributed by atoms with Gasteiger partial charge in [0.15, 0.2) is 0 Å². The number of carbonyl (C=O) groups is 1. The summed E-state index contributed by atoms with van der Waals surface area (Å²) >= 11 is 5.90. The number of halogens is 1. The van der Waals surface area contributed by atoms with Crippen molar-refractivity contribution in [1.82, 2.24) is 5.32 Å². The molecule has 0 amide bonds. The van der Waals surface area contributed by atoms with Crippen LogP contribution in [0.5, 0.6) is 5.75 Å². The van der Waals surface area contributed by atoms with Gasteiger partial charge in [-0.15, -0.1) is 0 Å². The lowest BCUT2D eigenvalue weighted by Gasteiger charge is -2.26. The lowest BCUT2D eigenvalue weighted by molar-refractivity contribution is -0.431. The van der Waals surface area contributed by atoms with Crippen molar-refractivity contribution < 1.29 is 19.6 Å². The molecule has 0 fully saturated rings. The van der Waals surface area contributed by atoms with E-state index < -0.39 is 16.8 Å². The molecule has 7 nitrogen and oxygen atoms in total. The molecule has 2 N–H and O–H groups in total. The molecule has 1 aliphatic heterocycles. The zero-order valence-electron chi connectivity index (χ0n) is 15.8. The predicted molar refractivity (Wildman–Crippen MR) is 108 cm³/mol. The highest BCUT2D eigenvalue weighted by Gasteiger charge is 2.41. The lowest BCUT2D eigenvalue weighted by Crippen LogP contribution is -2.31. The van der Waals surface area contributed by atoms with Crippen molar-refractivity contribution in [3.05, 3.63) is 97.5 Å². The van der Waals surface area contributed by atoms with E-state index in [2.05, 4.69) is 5.32 Å². The van der Waals surface area contributed by atoms with Crippen LogP contribution < -0.4 is 10.1 Å². The van der Waals surface area contributed by atoms with Crippen LogP contribution in [0.15, 0.2) is 71.2 Å². The molecule has 2 aromatic carbocycles. The number of carboxylic acid groups (broad SMARTS) is 1. The summed E-state index contributed by atoms with van der Waals surface area (Å²) in [5, 5.41) is 25.0. The van der Waals surface area contributed by atoms with Crippen LogP contribution in [0.4, 0.5) is 0 Å². The van der Waals surface area contributed by atoms with Gasteiger partial charge in [-0.25, -0.2) is 4.79 Å². The number of aliphatic carboxylic acids is 1. The van der Waals surface area contributed by atoms with Gasteiger partial charge >= 0.3 is 5.97 Å². The minimum absolute atomic E-state index is 0.0788. The third-order valence-electron chi connectivity index (χ3n) is 4.69. The van der Waals surface area contributed by atoms with Crippen molar-refractivity contribution in [2.75, 3.05) is 0 Å². The van der Waals surface area contributed by atoms with E-state index in [1.165, 1.54) is 0 Å². The van der Waals surface area contributed by atoms with Crippen LogP contribution in [0, 0.1) is 10.1 Å². The monoisotopic (exact) mass is 414 g/mol. The number of para-hydroxylation sites is 1. The van der Waals surface area contributed by atoms with Gasteiger partial charge in [-0.1, -0.05) is 41.9 Å². The van der Waals surface area contributed by atoms with Crippen LogP contribution in [-0.4, -0.2) is 16.0 Å².